The van der Waals surface area contributed by atoms with Crippen molar-refractivity contribution in [3.8, 4) is 0 Å². The molecule has 1 rings (SSSR count). The summed E-state index contributed by atoms with van der Waals surface area (Å²) < 4.78 is 37.4. The summed E-state index contributed by atoms with van der Waals surface area (Å²) in [6.45, 7) is 2.81. The molecule has 0 spiro atoms. The molecule has 0 saturated carbocycles. The van der Waals surface area contributed by atoms with Crippen LogP contribution in [0.15, 0.2) is 0 Å². The standard InChI is InChI=1S/C12H21F3N2O2/c1-2-5-16-6-3-10(4-7-16)17(8-11(18)19)9-12(13,14)15/h10H,2-9H2,1H3,(H,18,19). The molecule has 19 heavy (non-hydrogen) atoms. The van der Waals surface area contributed by atoms with Crippen LogP contribution in [0.4, 0.5) is 13.2 Å². The molecule has 0 atom stereocenters. The SMILES string of the molecule is CCCN1CCC(N(CC(=O)O)CC(F)(F)F)CC1. The van der Waals surface area contributed by atoms with Crippen molar-refractivity contribution < 1.29 is 23.1 Å². The van der Waals surface area contributed by atoms with Gasteiger partial charge in [-0.3, -0.25) is 9.69 Å². The first-order valence-electron chi connectivity index (χ1n) is 6.56. The second-order valence-corrected chi connectivity index (χ2v) is 4.99. The predicted molar refractivity (Wildman–Crippen MR) is 65.0 cm³/mol. The Morgan fingerprint density at radius 2 is 1.95 bits per heavy atom. The molecule has 112 valence electrons. The number of hydrogen-bond acceptors (Lipinski definition) is 3. The Morgan fingerprint density at radius 3 is 2.37 bits per heavy atom. The topological polar surface area (TPSA) is 43.8 Å². The minimum absolute atomic E-state index is 0.286. The van der Waals surface area contributed by atoms with Gasteiger partial charge in [0.05, 0.1) is 13.1 Å². The van der Waals surface area contributed by atoms with Gasteiger partial charge in [-0.1, -0.05) is 6.92 Å². The zero-order valence-electron chi connectivity index (χ0n) is 11.1. The monoisotopic (exact) mass is 282 g/mol. The number of nitrogens with zero attached hydrogens (tertiary/aromatic N) is 2. The number of rotatable bonds is 6. The Balaban J connectivity index is 2.54. The smallest absolute Gasteiger partial charge is 0.401 e. The van der Waals surface area contributed by atoms with E-state index in [0.29, 0.717) is 12.8 Å². The minimum Gasteiger partial charge on any atom is -0.480 e. The van der Waals surface area contributed by atoms with Gasteiger partial charge in [-0.2, -0.15) is 13.2 Å². The minimum atomic E-state index is -4.35. The Bertz CT molecular complexity index is 289. The van der Waals surface area contributed by atoms with Gasteiger partial charge in [-0.25, -0.2) is 0 Å². The number of halogens is 3. The number of alkyl halides is 3. The molecular formula is C12H21F3N2O2. The van der Waals surface area contributed by atoms with Crippen LogP contribution in [0, 0.1) is 0 Å². The van der Waals surface area contributed by atoms with Crippen LogP contribution in [0.3, 0.4) is 0 Å². The number of carbonyl (C=O) groups is 1. The van der Waals surface area contributed by atoms with E-state index in [1.165, 1.54) is 0 Å². The van der Waals surface area contributed by atoms with E-state index < -0.39 is 25.2 Å². The molecule has 0 aliphatic carbocycles. The summed E-state index contributed by atoms with van der Waals surface area (Å²) in [5, 5.41) is 8.73. The highest BCUT2D eigenvalue weighted by Crippen LogP contribution is 2.22. The van der Waals surface area contributed by atoms with E-state index in [1.54, 1.807) is 0 Å². The zero-order valence-corrected chi connectivity index (χ0v) is 11.1. The van der Waals surface area contributed by atoms with Crippen LogP contribution < -0.4 is 0 Å². The van der Waals surface area contributed by atoms with Gasteiger partial charge in [0.15, 0.2) is 0 Å². The van der Waals surface area contributed by atoms with E-state index in [1.807, 2.05) is 0 Å². The number of likely N-dealkylation sites (tertiary alicyclic amines) is 1. The van der Waals surface area contributed by atoms with Gasteiger partial charge in [0.1, 0.15) is 0 Å². The van der Waals surface area contributed by atoms with Crippen molar-refractivity contribution in [1.82, 2.24) is 9.80 Å². The van der Waals surface area contributed by atoms with Crippen LogP contribution in [-0.4, -0.2) is 65.8 Å². The summed E-state index contributed by atoms with van der Waals surface area (Å²) >= 11 is 0. The molecule has 0 aromatic carbocycles. The van der Waals surface area contributed by atoms with Gasteiger partial charge in [0.25, 0.3) is 0 Å². The Hall–Kier alpha value is -0.820. The number of piperidine rings is 1. The first kappa shape index (κ1) is 16.2. The van der Waals surface area contributed by atoms with Crippen LogP contribution in [0.2, 0.25) is 0 Å². The lowest BCUT2D eigenvalue weighted by Gasteiger charge is -2.38. The van der Waals surface area contributed by atoms with Gasteiger partial charge in [0.2, 0.25) is 0 Å². The normalized spacial score (nSPS) is 19.0. The highest BCUT2D eigenvalue weighted by Gasteiger charge is 2.35. The Labute approximate surface area is 111 Å². The second-order valence-electron chi connectivity index (χ2n) is 4.99. The third-order valence-electron chi connectivity index (χ3n) is 3.33. The van der Waals surface area contributed by atoms with E-state index in [2.05, 4.69) is 11.8 Å². The van der Waals surface area contributed by atoms with Crippen LogP contribution in [0.1, 0.15) is 26.2 Å². The average Bonchev–Trinajstić information content (AvgIpc) is 2.27. The summed E-state index contributed by atoms with van der Waals surface area (Å²) in [7, 11) is 0. The lowest BCUT2D eigenvalue weighted by Crippen LogP contribution is -2.49. The molecule has 0 amide bonds. The van der Waals surface area contributed by atoms with E-state index in [9.17, 15) is 18.0 Å². The van der Waals surface area contributed by atoms with Gasteiger partial charge < -0.3 is 10.0 Å². The van der Waals surface area contributed by atoms with Crippen molar-refractivity contribution in [2.75, 3.05) is 32.7 Å². The highest BCUT2D eigenvalue weighted by molar-refractivity contribution is 5.69. The zero-order chi connectivity index (χ0) is 14.5. The fraction of sp³-hybridized carbons (Fsp3) is 0.917. The fourth-order valence-corrected chi connectivity index (χ4v) is 2.54. The molecule has 4 nitrogen and oxygen atoms in total. The molecule has 7 heteroatoms. The molecule has 1 fully saturated rings. The summed E-state index contributed by atoms with van der Waals surface area (Å²) in [5.74, 6) is -1.21. The molecule has 1 heterocycles. The lowest BCUT2D eigenvalue weighted by molar-refractivity contribution is -0.159. The number of carboxylic acids is 1. The fourth-order valence-electron chi connectivity index (χ4n) is 2.54. The average molecular weight is 282 g/mol. The van der Waals surface area contributed by atoms with Crippen LogP contribution in [-0.2, 0) is 4.79 Å². The van der Waals surface area contributed by atoms with Crippen molar-refractivity contribution in [2.45, 2.75) is 38.4 Å². The third kappa shape index (κ3) is 6.24. The largest absolute Gasteiger partial charge is 0.480 e. The van der Waals surface area contributed by atoms with Crippen molar-refractivity contribution >= 4 is 5.97 Å². The van der Waals surface area contributed by atoms with Gasteiger partial charge in [-0.15, -0.1) is 0 Å². The maximum absolute atomic E-state index is 12.5. The highest BCUT2D eigenvalue weighted by atomic mass is 19.4. The van der Waals surface area contributed by atoms with Gasteiger partial charge in [-0.05, 0) is 38.9 Å². The Kier molecular flexibility index (Phi) is 6.06. The van der Waals surface area contributed by atoms with E-state index in [4.69, 9.17) is 5.11 Å². The maximum Gasteiger partial charge on any atom is 0.401 e. The summed E-state index contributed by atoms with van der Waals surface area (Å²) in [6.07, 6.45) is -2.13. The summed E-state index contributed by atoms with van der Waals surface area (Å²) in [5.41, 5.74) is 0. The van der Waals surface area contributed by atoms with Crippen molar-refractivity contribution in [2.24, 2.45) is 0 Å². The molecule has 0 unspecified atom stereocenters. The van der Waals surface area contributed by atoms with Crippen molar-refractivity contribution in [3.63, 3.8) is 0 Å². The molecule has 1 aliphatic heterocycles. The molecule has 0 bridgehead atoms. The summed E-state index contributed by atoms with van der Waals surface area (Å²) in [4.78, 5) is 13.9. The van der Waals surface area contributed by atoms with Crippen molar-refractivity contribution in [1.29, 1.82) is 0 Å². The lowest BCUT2D eigenvalue weighted by atomic mass is 10.0. The van der Waals surface area contributed by atoms with E-state index in [0.717, 1.165) is 31.0 Å². The number of aliphatic carboxylic acids is 1. The van der Waals surface area contributed by atoms with Crippen LogP contribution in [0.5, 0.6) is 0 Å². The molecular weight excluding hydrogens is 261 g/mol. The van der Waals surface area contributed by atoms with Gasteiger partial charge >= 0.3 is 12.1 Å². The molecule has 0 aromatic rings. The maximum atomic E-state index is 12.5. The first-order valence-corrected chi connectivity index (χ1v) is 6.56. The molecule has 0 radical (unpaired) electrons. The molecule has 0 aromatic heterocycles. The predicted octanol–water partition coefficient (Wildman–Crippen LogP) is 1.81. The number of carboxylic acid groups (broad SMARTS) is 1. The van der Waals surface area contributed by atoms with E-state index >= 15 is 0 Å². The first-order chi connectivity index (χ1) is 8.81. The Morgan fingerprint density at radius 1 is 1.37 bits per heavy atom. The molecule has 1 aliphatic rings. The molecule has 1 saturated heterocycles. The van der Waals surface area contributed by atoms with E-state index in [-0.39, 0.29) is 6.04 Å². The quantitative estimate of drug-likeness (QED) is 0.807. The third-order valence-corrected chi connectivity index (χ3v) is 3.33. The summed E-state index contributed by atoms with van der Waals surface area (Å²) in [6, 6.07) is -0.286. The van der Waals surface area contributed by atoms with Gasteiger partial charge in [0, 0.05) is 6.04 Å². The molecule has 1 N–H and O–H groups in total. The van der Waals surface area contributed by atoms with Crippen LogP contribution in [0.25, 0.3) is 0 Å². The van der Waals surface area contributed by atoms with Crippen LogP contribution >= 0.6 is 0 Å². The second kappa shape index (κ2) is 7.09. The van der Waals surface area contributed by atoms with Crippen molar-refractivity contribution in [3.05, 3.63) is 0 Å². The number of hydrogen-bond donors (Lipinski definition) is 1.